The molecular formula is C16H16N2O4S. The summed E-state index contributed by atoms with van der Waals surface area (Å²) in [6.07, 6.45) is 1.42. The molecule has 2 rings (SSSR count). The number of non-ortho nitro benzene ring substituents is 1. The Balaban J connectivity index is 2.08. The summed E-state index contributed by atoms with van der Waals surface area (Å²) in [5, 5.41) is 11.7. The molecule has 0 aliphatic carbocycles. The fourth-order valence-corrected chi connectivity index (χ4v) is 2.77. The predicted octanol–water partition coefficient (Wildman–Crippen LogP) is 3.03. The summed E-state index contributed by atoms with van der Waals surface area (Å²) in [7, 11) is -2.06. The lowest BCUT2D eigenvalue weighted by Crippen LogP contribution is -2.24. The van der Waals surface area contributed by atoms with Gasteiger partial charge in [-0.3, -0.25) is 10.1 Å². The van der Waals surface area contributed by atoms with Crippen LogP contribution in [0.15, 0.2) is 60.0 Å². The number of sulfonamides is 1. The van der Waals surface area contributed by atoms with Gasteiger partial charge in [-0.2, -0.15) is 4.31 Å². The van der Waals surface area contributed by atoms with Crippen molar-refractivity contribution in [3.63, 3.8) is 0 Å². The second kappa shape index (κ2) is 7.17. The first-order valence-corrected chi connectivity index (χ1v) is 8.31. The third-order valence-electron chi connectivity index (χ3n) is 3.22. The first-order valence-electron chi connectivity index (χ1n) is 6.81. The Labute approximate surface area is 134 Å². The first kappa shape index (κ1) is 16.9. The number of hydrogen-bond donors (Lipinski definition) is 0. The van der Waals surface area contributed by atoms with Gasteiger partial charge in [-0.05, 0) is 29.3 Å². The molecule has 0 fully saturated rings. The number of rotatable bonds is 6. The molecule has 0 saturated carbocycles. The topological polar surface area (TPSA) is 80.5 Å². The maximum atomic E-state index is 12.2. The SMILES string of the molecule is CN(Cc1ccccc1)S(=O)(=O)/C=C/c1ccc([N+](=O)[O-])cc1. The van der Waals surface area contributed by atoms with Gasteiger partial charge in [0.1, 0.15) is 0 Å². The van der Waals surface area contributed by atoms with Crippen molar-refractivity contribution in [2.24, 2.45) is 0 Å². The van der Waals surface area contributed by atoms with Crippen LogP contribution < -0.4 is 0 Å². The van der Waals surface area contributed by atoms with Crippen LogP contribution in [0, 0.1) is 10.1 Å². The van der Waals surface area contributed by atoms with E-state index in [9.17, 15) is 18.5 Å². The Hall–Kier alpha value is -2.51. The highest BCUT2D eigenvalue weighted by molar-refractivity contribution is 7.92. The zero-order valence-electron chi connectivity index (χ0n) is 12.5. The van der Waals surface area contributed by atoms with Crippen LogP contribution in [-0.4, -0.2) is 24.7 Å². The average Bonchev–Trinajstić information content (AvgIpc) is 2.54. The summed E-state index contributed by atoms with van der Waals surface area (Å²) in [5.74, 6) is 0. The van der Waals surface area contributed by atoms with E-state index < -0.39 is 14.9 Å². The van der Waals surface area contributed by atoms with Gasteiger partial charge in [0.15, 0.2) is 0 Å². The molecule has 0 aliphatic heterocycles. The van der Waals surface area contributed by atoms with E-state index in [1.807, 2.05) is 30.3 Å². The predicted molar refractivity (Wildman–Crippen MR) is 89.0 cm³/mol. The maximum absolute atomic E-state index is 12.2. The van der Waals surface area contributed by atoms with Gasteiger partial charge in [0.25, 0.3) is 5.69 Å². The molecule has 0 saturated heterocycles. The maximum Gasteiger partial charge on any atom is 0.269 e. The van der Waals surface area contributed by atoms with Crippen LogP contribution in [0.5, 0.6) is 0 Å². The molecule has 0 aliphatic rings. The Morgan fingerprint density at radius 3 is 2.26 bits per heavy atom. The summed E-state index contributed by atoms with van der Waals surface area (Å²) in [6, 6.07) is 14.9. The van der Waals surface area contributed by atoms with E-state index >= 15 is 0 Å². The van der Waals surface area contributed by atoms with Crippen molar-refractivity contribution >= 4 is 21.8 Å². The molecule has 0 unspecified atom stereocenters. The molecule has 6 nitrogen and oxygen atoms in total. The number of nitro benzene ring substituents is 1. The minimum absolute atomic E-state index is 0.0359. The van der Waals surface area contributed by atoms with E-state index in [4.69, 9.17) is 0 Å². The van der Waals surface area contributed by atoms with Crippen LogP contribution in [0.2, 0.25) is 0 Å². The molecule has 0 bridgehead atoms. The average molecular weight is 332 g/mol. The number of nitrogens with zero attached hydrogens (tertiary/aromatic N) is 2. The minimum atomic E-state index is -3.56. The van der Waals surface area contributed by atoms with Crippen LogP contribution in [0.25, 0.3) is 6.08 Å². The largest absolute Gasteiger partial charge is 0.269 e. The monoisotopic (exact) mass is 332 g/mol. The van der Waals surface area contributed by atoms with Crippen molar-refractivity contribution in [1.29, 1.82) is 0 Å². The first-order chi connectivity index (χ1) is 10.9. The molecule has 2 aromatic rings. The molecule has 0 aromatic heterocycles. The molecule has 0 amide bonds. The van der Waals surface area contributed by atoms with Crippen LogP contribution in [0.1, 0.15) is 11.1 Å². The highest BCUT2D eigenvalue weighted by Gasteiger charge is 2.14. The third kappa shape index (κ3) is 4.73. The molecule has 0 radical (unpaired) electrons. The van der Waals surface area contributed by atoms with Gasteiger partial charge in [0.05, 0.1) is 4.92 Å². The zero-order valence-corrected chi connectivity index (χ0v) is 13.3. The molecule has 2 aromatic carbocycles. The van der Waals surface area contributed by atoms with Crippen LogP contribution in [0.3, 0.4) is 0 Å². The number of benzene rings is 2. The normalized spacial score (nSPS) is 11.9. The van der Waals surface area contributed by atoms with Gasteiger partial charge in [-0.25, -0.2) is 8.42 Å². The van der Waals surface area contributed by atoms with Crippen molar-refractivity contribution in [1.82, 2.24) is 4.31 Å². The molecule has 0 N–H and O–H groups in total. The fraction of sp³-hybridized carbons (Fsp3) is 0.125. The quantitative estimate of drug-likeness (QED) is 0.601. The summed E-state index contributed by atoms with van der Waals surface area (Å²) in [4.78, 5) is 10.1. The van der Waals surface area contributed by atoms with E-state index in [-0.39, 0.29) is 12.2 Å². The fourth-order valence-electron chi connectivity index (χ4n) is 1.91. The number of nitro groups is 1. The van der Waals surface area contributed by atoms with Crippen LogP contribution in [0.4, 0.5) is 5.69 Å². The Morgan fingerprint density at radius 2 is 1.70 bits per heavy atom. The highest BCUT2D eigenvalue weighted by Crippen LogP contribution is 2.14. The summed E-state index contributed by atoms with van der Waals surface area (Å²) in [5.41, 5.74) is 1.43. The van der Waals surface area contributed by atoms with Gasteiger partial charge >= 0.3 is 0 Å². The van der Waals surface area contributed by atoms with Gasteiger partial charge in [-0.15, -0.1) is 0 Å². The van der Waals surface area contributed by atoms with Crippen molar-refractivity contribution in [3.05, 3.63) is 81.2 Å². The van der Waals surface area contributed by atoms with Crippen molar-refractivity contribution in [3.8, 4) is 0 Å². The summed E-state index contributed by atoms with van der Waals surface area (Å²) < 4.78 is 25.7. The van der Waals surface area contributed by atoms with E-state index in [0.29, 0.717) is 5.56 Å². The van der Waals surface area contributed by atoms with Gasteiger partial charge in [0.2, 0.25) is 10.0 Å². The molecule has 0 spiro atoms. The lowest BCUT2D eigenvalue weighted by atomic mass is 10.2. The van der Waals surface area contributed by atoms with Gasteiger partial charge < -0.3 is 0 Å². The van der Waals surface area contributed by atoms with Crippen molar-refractivity contribution in [2.75, 3.05) is 7.05 Å². The second-order valence-electron chi connectivity index (χ2n) is 4.94. The molecule has 120 valence electrons. The van der Waals surface area contributed by atoms with E-state index in [1.54, 1.807) is 0 Å². The van der Waals surface area contributed by atoms with Crippen LogP contribution in [-0.2, 0) is 16.6 Å². The lowest BCUT2D eigenvalue weighted by molar-refractivity contribution is -0.384. The standard InChI is InChI=1S/C16H16N2O4S/c1-17(13-15-5-3-2-4-6-15)23(21,22)12-11-14-7-9-16(10-8-14)18(19)20/h2-12H,13H2,1H3/b12-11+. The van der Waals surface area contributed by atoms with E-state index in [0.717, 1.165) is 11.0 Å². The Bertz CT molecular complexity index is 800. The minimum Gasteiger partial charge on any atom is -0.258 e. The Kier molecular flexibility index (Phi) is 5.25. The molecular weight excluding hydrogens is 316 g/mol. The molecule has 7 heteroatoms. The second-order valence-corrected chi connectivity index (χ2v) is 6.86. The van der Waals surface area contributed by atoms with E-state index in [1.165, 1.54) is 41.7 Å². The van der Waals surface area contributed by atoms with Gasteiger partial charge in [-0.1, -0.05) is 30.3 Å². The smallest absolute Gasteiger partial charge is 0.258 e. The van der Waals surface area contributed by atoms with Crippen LogP contribution >= 0.6 is 0 Å². The van der Waals surface area contributed by atoms with Gasteiger partial charge in [0, 0.05) is 31.1 Å². The van der Waals surface area contributed by atoms with Crippen molar-refractivity contribution < 1.29 is 13.3 Å². The van der Waals surface area contributed by atoms with Crippen molar-refractivity contribution in [2.45, 2.75) is 6.54 Å². The summed E-state index contributed by atoms with van der Waals surface area (Å²) >= 11 is 0. The molecule has 23 heavy (non-hydrogen) atoms. The van der Waals surface area contributed by atoms with E-state index in [2.05, 4.69) is 0 Å². The number of hydrogen-bond acceptors (Lipinski definition) is 4. The zero-order chi connectivity index (χ0) is 16.9. The third-order valence-corrected chi connectivity index (χ3v) is 4.70. The molecule has 0 atom stereocenters. The highest BCUT2D eigenvalue weighted by atomic mass is 32.2. The Morgan fingerprint density at radius 1 is 1.09 bits per heavy atom. The lowest BCUT2D eigenvalue weighted by Gasteiger charge is -2.14. The molecule has 0 heterocycles. The summed E-state index contributed by atoms with van der Waals surface area (Å²) in [6.45, 7) is 0.272.